The minimum absolute atomic E-state index is 0.0173. The van der Waals surface area contributed by atoms with Gasteiger partial charge in [-0.25, -0.2) is 9.78 Å². The van der Waals surface area contributed by atoms with Gasteiger partial charge < -0.3 is 9.47 Å². The number of esters is 1. The van der Waals surface area contributed by atoms with Crippen molar-refractivity contribution in [1.82, 2.24) is 4.98 Å². The number of carbonyl (C=O) groups is 2. The predicted molar refractivity (Wildman–Crippen MR) is 103 cm³/mol. The molecule has 3 aliphatic rings. The van der Waals surface area contributed by atoms with Crippen LogP contribution in [0.15, 0.2) is 58.8 Å². The van der Waals surface area contributed by atoms with E-state index in [2.05, 4.69) is 17.1 Å². The summed E-state index contributed by atoms with van der Waals surface area (Å²) in [7, 11) is 0. The highest BCUT2D eigenvalue weighted by molar-refractivity contribution is 7.13. The van der Waals surface area contributed by atoms with Crippen LogP contribution in [-0.4, -0.2) is 23.2 Å². The maximum atomic E-state index is 13.3. The molecule has 1 fully saturated rings. The fourth-order valence-electron chi connectivity index (χ4n) is 4.15. The van der Waals surface area contributed by atoms with Gasteiger partial charge in [0, 0.05) is 28.6 Å². The SMILES string of the molecule is CC1=C(C)C(O/C=C2/C(=O)N(c3nccs3)C3c4ccccc4CC23)OC1=O. The molecule has 0 saturated carbocycles. The van der Waals surface area contributed by atoms with Crippen LogP contribution < -0.4 is 4.90 Å². The van der Waals surface area contributed by atoms with Crippen molar-refractivity contribution < 1.29 is 19.1 Å². The zero-order valence-corrected chi connectivity index (χ0v) is 16.2. The molecule has 3 heterocycles. The first-order valence-electron chi connectivity index (χ1n) is 9.11. The molecule has 3 unspecified atom stereocenters. The topological polar surface area (TPSA) is 68.7 Å². The second kappa shape index (κ2) is 6.31. The number of aromatic nitrogens is 1. The Labute approximate surface area is 166 Å². The van der Waals surface area contributed by atoms with Crippen LogP contribution in [0.25, 0.3) is 0 Å². The Morgan fingerprint density at radius 1 is 1.29 bits per heavy atom. The Hall–Kier alpha value is -2.93. The van der Waals surface area contributed by atoms with Gasteiger partial charge in [-0.3, -0.25) is 9.69 Å². The van der Waals surface area contributed by atoms with Gasteiger partial charge in [-0.1, -0.05) is 24.3 Å². The molecule has 1 saturated heterocycles. The number of cyclic esters (lactones) is 1. The highest BCUT2D eigenvalue weighted by Crippen LogP contribution is 2.51. The van der Waals surface area contributed by atoms with Crippen molar-refractivity contribution in [3.05, 3.63) is 70.0 Å². The number of benzene rings is 1. The summed E-state index contributed by atoms with van der Waals surface area (Å²) in [6, 6.07) is 8.11. The lowest BCUT2D eigenvalue weighted by molar-refractivity contribution is -0.153. The van der Waals surface area contributed by atoms with E-state index < -0.39 is 6.29 Å². The van der Waals surface area contributed by atoms with Gasteiger partial charge in [0.2, 0.25) is 0 Å². The minimum atomic E-state index is -0.774. The van der Waals surface area contributed by atoms with Crippen LogP contribution in [-0.2, 0) is 25.5 Å². The molecule has 0 spiro atoms. The fraction of sp³-hybridized carbons (Fsp3) is 0.286. The van der Waals surface area contributed by atoms with Gasteiger partial charge in [-0.2, -0.15) is 0 Å². The first kappa shape index (κ1) is 17.2. The monoisotopic (exact) mass is 394 g/mol. The summed E-state index contributed by atoms with van der Waals surface area (Å²) in [5, 5.41) is 2.55. The normalized spacial score (nSPS) is 27.4. The average Bonchev–Trinajstić information content (AvgIpc) is 3.43. The van der Waals surface area contributed by atoms with Crippen molar-refractivity contribution in [2.45, 2.75) is 32.6 Å². The number of hydrogen-bond donors (Lipinski definition) is 0. The van der Waals surface area contributed by atoms with Crippen LogP contribution in [0.1, 0.15) is 31.0 Å². The Balaban J connectivity index is 1.52. The van der Waals surface area contributed by atoms with E-state index in [-0.39, 0.29) is 23.8 Å². The number of thiazole rings is 1. The van der Waals surface area contributed by atoms with Crippen molar-refractivity contribution in [2.75, 3.05) is 4.90 Å². The molecule has 5 rings (SSSR count). The second-order valence-electron chi connectivity index (χ2n) is 7.20. The number of carbonyl (C=O) groups excluding carboxylic acids is 2. The second-order valence-corrected chi connectivity index (χ2v) is 8.07. The molecule has 1 amide bonds. The van der Waals surface area contributed by atoms with Crippen LogP contribution in [0.2, 0.25) is 0 Å². The van der Waals surface area contributed by atoms with Crippen LogP contribution in [0.4, 0.5) is 5.13 Å². The predicted octanol–water partition coefficient (Wildman–Crippen LogP) is 3.52. The fourth-order valence-corrected chi connectivity index (χ4v) is 4.83. The molecule has 28 heavy (non-hydrogen) atoms. The lowest BCUT2D eigenvalue weighted by Gasteiger charge is -2.21. The number of fused-ring (bicyclic) bond motifs is 3. The summed E-state index contributed by atoms with van der Waals surface area (Å²) in [5.74, 6) is -0.507. The third-order valence-electron chi connectivity index (χ3n) is 5.75. The molecule has 1 aromatic carbocycles. The van der Waals surface area contributed by atoms with E-state index in [1.165, 1.54) is 23.2 Å². The van der Waals surface area contributed by atoms with Crippen molar-refractivity contribution >= 4 is 28.3 Å². The summed E-state index contributed by atoms with van der Waals surface area (Å²) in [6.45, 7) is 3.51. The molecule has 1 aliphatic carbocycles. The molecular weight excluding hydrogens is 376 g/mol. The maximum absolute atomic E-state index is 13.3. The molecule has 2 aromatic rings. The minimum Gasteiger partial charge on any atom is -0.458 e. The number of amides is 1. The summed E-state index contributed by atoms with van der Waals surface area (Å²) in [5.41, 5.74) is 4.26. The molecule has 0 radical (unpaired) electrons. The first-order chi connectivity index (χ1) is 13.6. The average molecular weight is 394 g/mol. The molecule has 2 aliphatic heterocycles. The van der Waals surface area contributed by atoms with Gasteiger partial charge in [0.05, 0.1) is 17.9 Å². The molecular formula is C21H18N2O4S. The van der Waals surface area contributed by atoms with Crippen molar-refractivity contribution in [3.63, 3.8) is 0 Å². The lowest BCUT2D eigenvalue weighted by atomic mass is 9.97. The van der Waals surface area contributed by atoms with Gasteiger partial charge in [-0.15, -0.1) is 11.3 Å². The summed E-state index contributed by atoms with van der Waals surface area (Å²) >= 11 is 1.44. The van der Waals surface area contributed by atoms with E-state index in [9.17, 15) is 9.59 Å². The van der Waals surface area contributed by atoms with Crippen LogP contribution >= 0.6 is 11.3 Å². The highest BCUT2D eigenvalue weighted by atomic mass is 32.1. The number of hydrogen-bond acceptors (Lipinski definition) is 6. The van der Waals surface area contributed by atoms with Gasteiger partial charge in [0.25, 0.3) is 12.2 Å². The Morgan fingerprint density at radius 3 is 2.82 bits per heavy atom. The van der Waals surface area contributed by atoms with Gasteiger partial charge >= 0.3 is 5.97 Å². The number of anilines is 1. The zero-order chi connectivity index (χ0) is 19.4. The third-order valence-corrected chi connectivity index (χ3v) is 6.52. The van der Waals surface area contributed by atoms with Crippen LogP contribution in [0, 0.1) is 5.92 Å². The Bertz CT molecular complexity index is 1040. The van der Waals surface area contributed by atoms with Crippen LogP contribution in [0.3, 0.4) is 0 Å². The molecule has 0 bridgehead atoms. The third kappa shape index (κ3) is 2.43. The summed E-state index contributed by atoms with van der Waals surface area (Å²) < 4.78 is 11.0. The molecule has 7 heteroatoms. The van der Waals surface area contributed by atoms with Gasteiger partial charge in [0.1, 0.15) is 0 Å². The summed E-state index contributed by atoms with van der Waals surface area (Å²) in [6.07, 6.45) is 3.18. The standard InChI is InChI=1S/C21H18N2O4S/c1-11-12(2)20(27-19(11)25)26-10-16-15-9-13-5-3-4-6-14(13)17(15)23(18(16)24)21-22-7-8-28-21/h3-8,10,15,17,20H,9H2,1-2H3/b16-10+. The molecule has 6 nitrogen and oxygen atoms in total. The largest absolute Gasteiger partial charge is 0.458 e. The van der Waals surface area contributed by atoms with Crippen molar-refractivity contribution in [2.24, 2.45) is 5.92 Å². The van der Waals surface area contributed by atoms with Crippen molar-refractivity contribution in [3.8, 4) is 0 Å². The number of ether oxygens (including phenoxy) is 2. The van der Waals surface area contributed by atoms with E-state index >= 15 is 0 Å². The Morgan fingerprint density at radius 2 is 2.11 bits per heavy atom. The quantitative estimate of drug-likeness (QED) is 0.453. The van der Waals surface area contributed by atoms with E-state index in [0.717, 1.165) is 17.6 Å². The van der Waals surface area contributed by atoms with Crippen LogP contribution in [0.5, 0.6) is 0 Å². The number of rotatable bonds is 3. The van der Waals surface area contributed by atoms with Crippen molar-refractivity contribution in [1.29, 1.82) is 0 Å². The highest BCUT2D eigenvalue weighted by Gasteiger charge is 2.51. The van der Waals surface area contributed by atoms with E-state index in [1.807, 2.05) is 17.5 Å². The maximum Gasteiger partial charge on any atom is 0.337 e. The molecule has 3 atom stereocenters. The number of nitrogens with zero attached hydrogens (tertiary/aromatic N) is 2. The zero-order valence-electron chi connectivity index (χ0n) is 15.4. The smallest absolute Gasteiger partial charge is 0.337 e. The van der Waals surface area contributed by atoms with Gasteiger partial charge in [0.15, 0.2) is 5.13 Å². The molecule has 1 aromatic heterocycles. The van der Waals surface area contributed by atoms with E-state index in [1.54, 1.807) is 24.9 Å². The summed E-state index contributed by atoms with van der Waals surface area (Å²) in [4.78, 5) is 31.1. The molecule has 142 valence electrons. The van der Waals surface area contributed by atoms with E-state index in [0.29, 0.717) is 16.3 Å². The van der Waals surface area contributed by atoms with E-state index in [4.69, 9.17) is 9.47 Å². The lowest BCUT2D eigenvalue weighted by Crippen LogP contribution is -2.27. The first-order valence-corrected chi connectivity index (χ1v) is 9.99. The molecule has 0 N–H and O–H groups in total. The van der Waals surface area contributed by atoms with Gasteiger partial charge in [-0.05, 0) is 31.4 Å². The Kier molecular flexibility index (Phi) is 3.87.